The summed E-state index contributed by atoms with van der Waals surface area (Å²) >= 11 is 5.87. The van der Waals surface area contributed by atoms with Crippen molar-refractivity contribution in [2.45, 2.75) is 42.4 Å². The summed E-state index contributed by atoms with van der Waals surface area (Å²) < 4.78 is 38.3. The second kappa shape index (κ2) is 11.7. The zero-order valence-corrected chi connectivity index (χ0v) is 19.7. The predicted molar refractivity (Wildman–Crippen MR) is 125 cm³/mol. The maximum Gasteiger partial charge on any atom is 0.319 e. The number of carbonyl (C=O) groups excluding carboxylic acids is 1. The highest BCUT2D eigenvalue weighted by Gasteiger charge is 2.32. The number of sulfonamides is 1. The first-order valence-corrected chi connectivity index (χ1v) is 12.4. The monoisotopic (exact) mass is 497 g/mol. The van der Waals surface area contributed by atoms with Crippen molar-refractivity contribution in [3.63, 3.8) is 0 Å². The minimum absolute atomic E-state index is 0.0972. The number of halogens is 1. The number of methoxy groups -OCH3 is 1. The fourth-order valence-electron chi connectivity index (χ4n) is 3.59. The van der Waals surface area contributed by atoms with E-state index in [0.717, 1.165) is 0 Å². The second-order valence-electron chi connectivity index (χ2n) is 7.63. The number of hydrogen-bond acceptors (Lipinski definition) is 6. The summed E-state index contributed by atoms with van der Waals surface area (Å²) in [4.78, 5) is 12.4. The van der Waals surface area contributed by atoms with Crippen molar-refractivity contribution in [3.8, 4) is 5.75 Å². The smallest absolute Gasteiger partial charge is 0.319 e. The molecule has 0 bridgehead atoms. The van der Waals surface area contributed by atoms with Gasteiger partial charge >= 0.3 is 6.03 Å². The molecule has 2 aromatic rings. The number of amides is 2. The normalized spacial score (nSPS) is 20.8. The fraction of sp³-hybridized carbons (Fsp3) is 0.409. The van der Waals surface area contributed by atoms with E-state index in [4.69, 9.17) is 21.1 Å². The zero-order valence-electron chi connectivity index (χ0n) is 18.2. The van der Waals surface area contributed by atoms with Crippen LogP contribution in [0.4, 0.5) is 10.5 Å². The molecule has 0 saturated carbocycles. The van der Waals surface area contributed by atoms with Crippen LogP contribution in [0.2, 0.25) is 5.02 Å². The van der Waals surface area contributed by atoms with E-state index in [1.165, 1.54) is 12.1 Å². The lowest BCUT2D eigenvalue weighted by atomic mass is 9.97. The number of urea groups is 1. The molecule has 1 aliphatic heterocycles. The summed E-state index contributed by atoms with van der Waals surface area (Å²) in [6.07, 6.45) is 0.804. The summed E-state index contributed by atoms with van der Waals surface area (Å²) in [5.41, 5.74) is 0.607. The number of aliphatic hydroxyl groups is 1. The van der Waals surface area contributed by atoms with E-state index in [-0.39, 0.29) is 30.2 Å². The first-order chi connectivity index (χ1) is 15.8. The Balaban J connectivity index is 1.46. The van der Waals surface area contributed by atoms with Crippen LogP contribution >= 0.6 is 11.6 Å². The van der Waals surface area contributed by atoms with E-state index in [2.05, 4.69) is 15.4 Å². The topological polar surface area (TPSA) is 126 Å². The molecular formula is C22H28ClN3O6S. The molecule has 3 atom stereocenters. The molecule has 0 aromatic heterocycles. The Labute approximate surface area is 198 Å². The molecule has 4 N–H and O–H groups in total. The van der Waals surface area contributed by atoms with Crippen LogP contribution in [0.3, 0.4) is 0 Å². The minimum Gasteiger partial charge on any atom is -0.497 e. The number of carbonyl (C=O) groups is 1. The van der Waals surface area contributed by atoms with Gasteiger partial charge in [0.2, 0.25) is 10.0 Å². The van der Waals surface area contributed by atoms with Crippen molar-refractivity contribution in [2.75, 3.05) is 25.6 Å². The van der Waals surface area contributed by atoms with Gasteiger partial charge in [-0.2, -0.15) is 0 Å². The number of ether oxygens (including phenoxy) is 2. The van der Waals surface area contributed by atoms with E-state index >= 15 is 0 Å². The van der Waals surface area contributed by atoms with Gasteiger partial charge in [0.25, 0.3) is 0 Å². The Morgan fingerprint density at radius 2 is 1.97 bits per heavy atom. The fourth-order valence-corrected chi connectivity index (χ4v) is 4.94. The van der Waals surface area contributed by atoms with Gasteiger partial charge in [0, 0.05) is 17.3 Å². The quantitative estimate of drug-likeness (QED) is 0.422. The lowest BCUT2D eigenvalue weighted by Gasteiger charge is -2.36. The van der Waals surface area contributed by atoms with Crippen molar-refractivity contribution in [2.24, 2.45) is 0 Å². The standard InChI is InChI=1S/C22H28ClN3O6S/c1-31-17-7-5-16(6-8-17)25-22(28)26-20-10-9-18(32-21(20)14-27)11-12-24-33(29,30)19-4-2-3-15(23)13-19/h2-8,13,18,20-21,24,27H,9-12,14H2,1H3,(H2,25,26,28)/t18-,20-,21-/m0/s1. The maximum absolute atomic E-state index is 12.4. The third-order valence-corrected chi connectivity index (χ3v) is 7.02. The molecule has 0 radical (unpaired) electrons. The van der Waals surface area contributed by atoms with Gasteiger partial charge in [-0.15, -0.1) is 0 Å². The molecule has 1 fully saturated rings. The second-order valence-corrected chi connectivity index (χ2v) is 9.84. The first kappa shape index (κ1) is 25.3. The van der Waals surface area contributed by atoms with Gasteiger partial charge in [-0.05, 0) is 61.7 Å². The van der Waals surface area contributed by atoms with Crippen LogP contribution in [0.15, 0.2) is 53.4 Å². The number of rotatable bonds is 9. The largest absolute Gasteiger partial charge is 0.497 e. The third kappa shape index (κ3) is 7.31. The first-order valence-electron chi connectivity index (χ1n) is 10.5. The highest BCUT2D eigenvalue weighted by Crippen LogP contribution is 2.23. The van der Waals surface area contributed by atoms with Crippen LogP contribution in [-0.4, -0.2) is 58.1 Å². The van der Waals surface area contributed by atoms with E-state index in [0.29, 0.717) is 35.7 Å². The molecule has 2 aromatic carbocycles. The van der Waals surface area contributed by atoms with Crippen molar-refractivity contribution in [1.29, 1.82) is 0 Å². The average Bonchev–Trinajstić information content (AvgIpc) is 2.80. The minimum atomic E-state index is -3.68. The number of aliphatic hydroxyl groups excluding tert-OH is 1. The number of nitrogens with one attached hydrogen (secondary N) is 3. The number of anilines is 1. The molecule has 33 heavy (non-hydrogen) atoms. The average molecular weight is 498 g/mol. The van der Waals surface area contributed by atoms with E-state index in [9.17, 15) is 18.3 Å². The van der Waals surface area contributed by atoms with Gasteiger partial charge in [0.05, 0.1) is 30.8 Å². The molecule has 0 aliphatic carbocycles. The zero-order chi connectivity index (χ0) is 23.8. The Morgan fingerprint density at radius 1 is 1.21 bits per heavy atom. The SMILES string of the molecule is COc1ccc(NC(=O)N[C@H]2CC[C@@H](CCNS(=O)(=O)c3cccc(Cl)c3)O[C@H]2CO)cc1. The van der Waals surface area contributed by atoms with Crippen LogP contribution in [0.25, 0.3) is 0 Å². The lowest BCUT2D eigenvalue weighted by Crippen LogP contribution is -2.52. The van der Waals surface area contributed by atoms with Crippen LogP contribution in [0.1, 0.15) is 19.3 Å². The molecule has 11 heteroatoms. The van der Waals surface area contributed by atoms with E-state index in [1.807, 2.05) is 0 Å². The Kier molecular flexibility index (Phi) is 8.93. The molecule has 2 amide bonds. The van der Waals surface area contributed by atoms with Gasteiger partial charge in [-0.3, -0.25) is 0 Å². The van der Waals surface area contributed by atoms with Crippen LogP contribution in [0, 0.1) is 0 Å². The number of benzene rings is 2. The van der Waals surface area contributed by atoms with E-state index < -0.39 is 22.2 Å². The summed E-state index contributed by atoms with van der Waals surface area (Å²) in [5.74, 6) is 0.683. The molecule has 1 aliphatic rings. The third-order valence-electron chi connectivity index (χ3n) is 5.32. The van der Waals surface area contributed by atoms with Gasteiger partial charge in [0.15, 0.2) is 0 Å². The van der Waals surface area contributed by atoms with Crippen LogP contribution in [0.5, 0.6) is 5.75 Å². The highest BCUT2D eigenvalue weighted by atomic mass is 35.5. The van der Waals surface area contributed by atoms with E-state index in [1.54, 1.807) is 43.5 Å². The summed E-state index contributed by atoms with van der Waals surface area (Å²) in [7, 11) is -2.11. The van der Waals surface area contributed by atoms with Crippen molar-refractivity contribution in [1.82, 2.24) is 10.0 Å². The highest BCUT2D eigenvalue weighted by molar-refractivity contribution is 7.89. The lowest BCUT2D eigenvalue weighted by molar-refractivity contribution is -0.0884. The number of hydrogen-bond donors (Lipinski definition) is 4. The molecular weight excluding hydrogens is 470 g/mol. The van der Waals surface area contributed by atoms with Gasteiger partial charge in [-0.1, -0.05) is 17.7 Å². The molecule has 0 unspecified atom stereocenters. The van der Waals surface area contributed by atoms with Crippen molar-refractivity contribution in [3.05, 3.63) is 53.6 Å². The summed E-state index contributed by atoms with van der Waals surface area (Å²) in [6, 6.07) is 12.2. The maximum atomic E-state index is 12.4. The van der Waals surface area contributed by atoms with Gasteiger partial charge < -0.3 is 25.2 Å². The van der Waals surface area contributed by atoms with Crippen molar-refractivity contribution >= 4 is 33.3 Å². The molecule has 9 nitrogen and oxygen atoms in total. The van der Waals surface area contributed by atoms with Gasteiger partial charge in [-0.25, -0.2) is 17.9 Å². The Bertz CT molecular complexity index is 1030. The molecule has 0 spiro atoms. The molecule has 1 heterocycles. The molecule has 180 valence electrons. The molecule has 1 saturated heterocycles. The Morgan fingerprint density at radius 3 is 2.64 bits per heavy atom. The Hall–Kier alpha value is -2.37. The molecule has 3 rings (SSSR count). The predicted octanol–water partition coefficient (Wildman–Crippen LogP) is 2.75. The summed E-state index contributed by atoms with van der Waals surface area (Å²) in [6.45, 7) is -0.0913. The van der Waals surface area contributed by atoms with Gasteiger partial charge in [0.1, 0.15) is 11.9 Å². The summed E-state index contributed by atoms with van der Waals surface area (Å²) in [5, 5.41) is 15.6. The van der Waals surface area contributed by atoms with Crippen LogP contribution < -0.4 is 20.1 Å². The van der Waals surface area contributed by atoms with Crippen molar-refractivity contribution < 1.29 is 27.8 Å². The van der Waals surface area contributed by atoms with Crippen LogP contribution in [-0.2, 0) is 14.8 Å².